The van der Waals surface area contributed by atoms with Gasteiger partial charge in [-0.15, -0.1) is 0 Å². The zero-order chi connectivity index (χ0) is 14.1. The molecule has 0 aliphatic carbocycles. The molecule has 0 saturated heterocycles. The van der Waals surface area contributed by atoms with Crippen molar-refractivity contribution in [3.8, 4) is 5.75 Å². The van der Waals surface area contributed by atoms with Gasteiger partial charge in [-0.2, -0.15) is 0 Å². The minimum Gasteiger partial charge on any atom is -0.491 e. The molecule has 0 fully saturated rings. The Bertz CT molecular complexity index is 604. The summed E-state index contributed by atoms with van der Waals surface area (Å²) in [5.41, 5.74) is 2.26. The lowest BCUT2D eigenvalue weighted by Gasteiger charge is -2.16. The van der Waals surface area contributed by atoms with Crippen LogP contribution in [-0.4, -0.2) is 22.7 Å². The van der Waals surface area contributed by atoms with E-state index in [4.69, 9.17) is 4.74 Å². The largest absolute Gasteiger partial charge is 0.491 e. The number of nitrogens with zero attached hydrogens (tertiary/aromatic N) is 2. The predicted octanol–water partition coefficient (Wildman–Crippen LogP) is 3.24. The van der Waals surface area contributed by atoms with Crippen molar-refractivity contribution in [2.24, 2.45) is 5.92 Å². The highest BCUT2D eigenvalue weighted by Crippen LogP contribution is 2.36. The van der Waals surface area contributed by atoms with Crippen molar-refractivity contribution in [1.82, 2.24) is 9.55 Å². The number of aromatic nitrogens is 2. The molecule has 4 nitrogen and oxygen atoms in total. The molecule has 1 aliphatic heterocycles. The number of nitrogens with one attached hydrogen (secondary N) is 1. The first-order valence-corrected chi connectivity index (χ1v) is 7.16. The molecule has 0 spiro atoms. The van der Waals surface area contributed by atoms with Crippen LogP contribution in [0.25, 0.3) is 0 Å². The lowest BCUT2D eigenvalue weighted by Crippen LogP contribution is -2.17. The van der Waals surface area contributed by atoms with Gasteiger partial charge in [-0.25, -0.2) is 4.98 Å². The van der Waals surface area contributed by atoms with Gasteiger partial charge >= 0.3 is 0 Å². The highest BCUT2D eigenvalue weighted by Gasteiger charge is 2.27. The predicted molar refractivity (Wildman–Crippen MR) is 80.4 cm³/mol. The first-order chi connectivity index (χ1) is 9.65. The third-order valence-corrected chi connectivity index (χ3v) is 3.53. The van der Waals surface area contributed by atoms with Crippen molar-refractivity contribution >= 4 is 5.95 Å². The molecular weight excluding hydrogens is 250 g/mol. The van der Waals surface area contributed by atoms with Gasteiger partial charge in [0.15, 0.2) is 0 Å². The van der Waals surface area contributed by atoms with Crippen LogP contribution < -0.4 is 10.1 Å². The molecule has 0 saturated carbocycles. The van der Waals surface area contributed by atoms with Gasteiger partial charge in [-0.05, 0) is 18.9 Å². The number of rotatable bonds is 4. The molecule has 2 heterocycles. The van der Waals surface area contributed by atoms with Crippen LogP contribution in [0.4, 0.5) is 5.95 Å². The zero-order valence-corrected chi connectivity index (χ0v) is 12.3. The second-order valence-corrected chi connectivity index (χ2v) is 5.75. The molecule has 106 valence electrons. The average Bonchev–Trinajstić information content (AvgIpc) is 2.99. The number of fused-ring (bicyclic) bond motifs is 1. The third kappa shape index (κ3) is 2.38. The molecular formula is C16H21N3O. The summed E-state index contributed by atoms with van der Waals surface area (Å²) in [5.74, 6) is 2.51. The summed E-state index contributed by atoms with van der Waals surface area (Å²) >= 11 is 0. The number of anilines is 1. The first kappa shape index (κ1) is 13.0. The van der Waals surface area contributed by atoms with Gasteiger partial charge in [0, 0.05) is 18.3 Å². The van der Waals surface area contributed by atoms with Gasteiger partial charge < -0.3 is 14.6 Å². The Balaban J connectivity index is 1.91. The summed E-state index contributed by atoms with van der Waals surface area (Å²) < 4.78 is 7.98. The number of hydrogen-bond acceptors (Lipinski definition) is 3. The van der Waals surface area contributed by atoms with Crippen LogP contribution in [0.5, 0.6) is 5.75 Å². The summed E-state index contributed by atoms with van der Waals surface area (Å²) in [6.07, 6.45) is 2.10. The van der Waals surface area contributed by atoms with Crippen LogP contribution in [0.15, 0.2) is 30.5 Å². The molecule has 0 amide bonds. The van der Waals surface area contributed by atoms with E-state index in [9.17, 15) is 0 Å². The molecule has 1 aromatic carbocycles. The molecule has 0 bridgehead atoms. The lowest BCUT2D eigenvalue weighted by atomic mass is 10.1. The normalized spacial score (nSPS) is 17.1. The number of para-hydroxylation sites is 1. The van der Waals surface area contributed by atoms with E-state index in [-0.39, 0.29) is 6.04 Å². The van der Waals surface area contributed by atoms with Crippen molar-refractivity contribution in [1.29, 1.82) is 0 Å². The maximum Gasteiger partial charge on any atom is 0.203 e. The van der Waals surface area contributed by atoms with E-state index < -0.39 is 0 Å². The van der Waals surface area contributed by atoms with Crippen LogP contribution >= 0.6 is 0 Å². The minimum absolute atomic E-state index is 0.210. The standard InChI is InChI=1S/C16H21N3O/c1-11(2)8-17-16-18-12(3)9-19(16)14-10-20-15-7-5-4-6-13(14)15/h4-7,9,11,14H,8,10H2,1-3H3,(H,17,18). The van der Waals surface area contributed by atoms with Crippen LogP contribution in [-0.2, 0) is 0 Å². The third-order valence-electron chi connectivity index (χ3n) is 3.53. The lowest BCUT2D eigenvalue weighted by molar-refractivity contribution is 0.317. The molecule has 0 radical (unpaired) electrons. The fourth-order valence-corrected chi connectivity index (χ4v) is 2.56. The minimum atomic E-state index is 0.210. The van der Waals surface area contributed by atoms with Gasteiger partial charge in [-0.3, -0.25) is 0 Å². The van der Waals surface area contributed by atoms with Crippen molar-refractivity contribution in [2.45, 2.75) is 26.8 Å². The summed E-state index contributed by atoms with van der Waals surface area (Å²) in [5, 5.41) is 3.44. The topological polar surface area (TPSA) is 39.1 Å². The van der Waals surface area contributed by atoms with E-state index in [1.165, 1.54) is 5.56 Å². The fraction of sp³-hybridized carbons (Fsp3) is 0.438. The molecule has 1 atom stereocenters. The maximum absolute atomic E-state index is 5.78. The van der Waals surface area contributed by atoms with Gasteiger partial charge in [0.05, 0.1) is 11.7 Å². The molecule has 4 heteroatoms. The average molecular weight is 271 g/mol. The van der Waals surface area contributed by atoms with Crippen LogP contribution in [0, 0.1) is 12.8 Å². The van der Waals surface area contributed by atoms with E-state index in [1.54, 1.807) is 0 Å². The van der Waals surface area contributed by atoms with Crippen LogP contribution in [0.2, 0.25) is 0 Å². The summed E-state index contributed by atoms with van der Waals surface area (Å²) in [4.78, 5) is 4.60. The quantitative estimate of drug-likeness (QED) is 0.928. The zero-order valence-electron chi connectivity index (χ0n) is 12.3. The Kier molecular flexibility index (Phi) is 3.38. The van der Waals surface area contributed by atoms with Crippen molar-refractivity contribution in [3.63, 3.8) is 0 Å². The molecule has 1 aromatic heterocycles. The number of ether oxygens (including phenoxy) is 1. The smallest absolute Gasteiger partial charge is 0.203 e. The van der Waals surface area contributed by atoms with Gasteiger partial charge in [0.1, 0.15) is 12.4 Å². The number of aryl methyl sites for hydroxylation is 1. The molecule has 1 unspecified atom stereocenters. The van der Waals surface area contributed by atoms with Crippen LogP contribution in [0.3, 0.4) is 0 Å². The molecule has 2 aromatic rings. The summed E-state index contributed by atoms with van der Waals surface area (Å²) in [6, 6.07) is 8.45. The van der Waals surface area contributed by atoms with E-state index >= 15 is 0 Å². The number of benzene rings is 1. The maximum atomic E-state index is 5.78. The van der Waals surface area contributed by atoms with E-state index in [1.807, 2.05) is 19.1 Å². The van der Waals surface area contributed by atoms with Crippen molar-refractivity contribution < 1.29 is 4.74 Å². The molecule has 1 N–H and O–H groups in total. The number of imidazole rings is 1. The SMILES string of the molecule is Cc1cn(C2COc3ccccc32)c(NCC(C)C)n1. The van der Waals surface area contributed by atoms with Gasteiger partial charge in [-0.1, -0.05) is 32.0 Å². The highest BCUT2D eigenvalue weighted by atomic mass is 16.5. The fourth-order valence-electron chi connectivity index (χ4n) is 2.56. The van der Waals surface area contributed by atoms with E-state index in [0.717, 1.165) is 23.9 Å². The second-order valence-electron chi connectivity index (χ2n) is 5.75. The number of hydrogen-bond donors (Lipinski definition) is 1. The van der Waals surface area contributed by atoms with E-state index in [2.05, 4.69) is 47.0 Å². The second kappa shape index (κ2) is 5.19. The Morgan fingerprint density at radius 1 is 1.40 bits per heavy atom. The summed E-state index contributed by atoms with van der Waals surface area (Å²) in [7, 11) is 0. The molecule has 1 aliphatic rings. The first-order valence-electron chi connectivity index (χ1n) is 7.16. The Labute approximate surface area is 119 Å². The molecule has 3 rings (SSSR count). The van der Waals surface area contributed by atoms with Crippen LogP contribution in [0.1, 0.15) is 31.1 Å². The molecule has 20 heavy (non-hydrogen) atoms. The summed E-state index contributed by atoms with van der Waals surface area (Å²) in [6.45, 7) is 8.01. The van der Waals surface area contributed by atoms with Gasteiger partial charge in [0.2, 0.25) is 5.95 Å². The highest BCUT2D eigenvalue weighted by molar-refractivity contribution is 5.42. The Morgan fingerprint density at radius 2 is 2.20 bits per heavy atom. The Morgan fingerprint density at radius 3 is 3.00 bits per heavy atom. The van der Waals surface area contributed by atoms with E-state index in [0.29, 0.717) is 12.5 Å². The monoisotopic (exact) mass is 271 g/mol. The van der Waals surface area contributed by atoms with Crippen molar-refractivity contribution in [2.75, 3.05) is 18.5 Å². The Hall–Kier alpha value is -1.97. The van der Waals surface area contributed by atoms with Gasteiger partial charge in [0.25, 0.3) is 0 Å². The van der Waals surface area contributed by atoms with Crippen molar-refractivity contribution in [3.05, 3.63) is 41.7 Å².